The number of carbonyl (C=O) groups is 2. The molecule has 0 aliphatic heterocycles. The summed E-state index contributed by atoms with van der Waals surface area (Å²) < 4.78 is 12.3. The number of hydrogen-bond donors (Lipinski definition) is 2. The molecule has 0 fully saturated rings. The molecule has 0 radical (unpaired) electrons. The molecule has 20 heavy (non-hydrogen) atoms. The van der Waals surface area contributed by atoms with Crippen LogP contribution in [0.3, 0.4) is 0 Å². The van der Waals surface area contributed by atoms with Gasteiger partial charge < -0.3 is 10.4 Å². The minimum Gasteiger partial charge on any atom is -0.478 e. The van der Waals surface area contributed by atoms with Crippen LogP contribution in [-0.2, 0) is 15.6 Å². The van der Waals surface area contributed by atoms with Crippen molar-refractivity contribution in [1.82, 2.24) is 5.32 Å². The molecular formula is C14H19NO4S. The summed E-state index contributed by atoms with van der Waals surface area (Å²) in [7, 11) is -1.57. The van der Waals surface area contributed by atoms with Crippen molar-refractivity contribution in [2.75, 3.05) is 6.54 Å². The lowest BCUT2D eigenvalue weighted by atomic mass is 10.2. The first-order valence-corrected chi connectivity index (χ1v) is 7.70. The fourth-order valence-corrected chi connectivity index (χ4v) is 2.73. The second kappa shape index (κ2) is 7.79. The molecule has 0 saturated carbocycles. The predicted molar refractivity (Wildman–Crippen MR) is 77.2 cm³/mol. The molecular weight excluding hydrogens is 278 g/mol. The van der Waals surface area contributed by atoms with Crippen LogP contribution >= 0.6 is 0 Å². The third-order valence-electron chi connectivity index (χ3n) is 2.83. The van der Waals surface area contributed by atoms with Gasteiger partial charge in [0.15, 0.2) is 0 Å². The van der Waals surface area contributed by atoms with Gasteiger partial charge in [0, 0.05) is 11.4 Å². The van der Waals surface area contributed by atoms with E-state index in [2.05, 4.69) is 5.32 Å². The minimum absolute atomic E-state index is 0.0643. The van der Waals surface area contributed by atoms with Crippen LogP contribution in [0.15, 0.2) is 29.2 Å². The molecule has 0 spiro atoms. The van der Waals surface area contributed by atoms with Crippen LogP contribution in [0.25, 0.3) is 0 Å². The van der Waals surface area contributed by atoms with Crippen LogP contribution in [0.2, 0.25) is 0 Å². The zero-order valence-electron chi connectivity index (χ0n) is 11.6. The number of unbranched alkanes of at least 4 members (excludes halogenated alkanes) is 1. The highest BCUT2D eigenvalue weighted by Crippen LogP contribution is 2.14. The Kier molecular flexibility index (Phi) is 6.38. The van der Waals surface area contributed by atoms with Gasteiger partial charge in [-0.3, -0.25) is 9.00 Å². The number of rotatable bonds is 7. The zero-order chi connectivity index (χ0) is 15.1. The normalized spacial score (nSPS) is 13.5. The van der Waals surface area contributed by atoms with E-state index in [1.165, 1.54) is 18.2 Å². The van der Waals surface area contributed by atoms with Crippen molar-refractivity contribution in [2.24, 2.45) is 0 Å². The Labute approximate surface area is 120 Å². The van der Waals surface area contributed by atoms with E-state index in [9.17, 15) is 13.8 Å². The van der Waals surface area contributed by atoms with Gasteiger partial charge in [-0.2, -0.15) is 0 Å². The topological polar surface area (TPSA) is 83.5 Å². The van der Waals surface area contributed by atoms with Crippen LogP contribution in [-0.4, -0.2) is 33.0 Å². The third kappa shape index (κ3) is 4.45. The van der Waals surface area contributed by atoms with Gasteiger partial charge in [-0.05, 0) is 31.5 Å². The van der Waals surface area contributed by atoms with Crippen molar-refractivity contribution >= 4 is 22.7 Å². The summed E-state index contributed by atoms with van der Waals surface area (Å²) >= 11 is 0. The van der Waals surface area contributed by atoms with Crippen molar-refractivity contribution in [3.8, 4) is 0 Å². The van der Waals surface area contributed by atoms with Crippen LogP contribution in [0.5, 0.6) is 0 Å². The van der Waals surface area contributed by atoms with E-state index in [4.69, 9.17) is 5.11 Å². The van der Waals surface area contributed by atoms with Crippen molar-refractivity contribution in [1.29, 1.82) is 0 Å². The Bertz CT molecular complexity index is 516. The fraction of sp³-hybridized carbons (Fsp3) is 0.429. The number of carboxylic acids is 1. The average molecular weight is 297 g/mol. The van der Waals surface area contributed by atoms with E-state index in [1.54, 1.807) is 13.0 Å². The van der Waals surface area contributed by atoms with E-state index in [0.29, 0.717) is 11.4 Å². The van der Waals surface area contributed by atoms with Crippen molar-refractivity contribution in [3.05, 3.63) is 29.8 Å². The molecule has 0 bridgehead atoms. The molecule has 0 saturated heterocycles. The Morgan fingerprint density at radius 1 is 1.40 bits per heavy atom. The van der Waals surface area contributed by atoms with Gasteiger partial charge in [0.1, 0.15) is 5.25 Å². The lowest BCUT2D eigenvalue weighted by molar-refractivity contribution is -0.120. The SMILES string of the molecule is CCCCNC(=O)C(C)S(=O)c1cccc(C(=O)O)c1. The van der Waals surface area contributed by atoms with Gasteiger partial charge in [0.2, 0.25) is 5.91 Å². The summed E-state index contributed by atoms with van der Waals surface area (Å²) in [6, 6.07) is 5.86. The van der Waals surface area contributed by atoms with Gasteiger partial charge in [-0.1, -0.05) is 19.4 Å². The lowest BCUT2D eigenvalue weighted by Gasteiger charge is -2.12. The summed E-state index contributed by atoms with van der Waals surface area (Å²) in [6.45, 7) is 4.15. The van der Waals surface area contributed by atoms with Crippen LogP contribution in [0, 0.1) is 0 Å². The molecule has 0 aliphatic carbocycles. The second-order valence-corrected chi connectivity index (χ2v) is 6.19. The van der Waals surface area contributed by atoms with E-state index >= 15 is 0 Å². The van der Waals surface area contributed by atoms with Crippen molar-refractivity contribution in [3.63, 3.8) is 0 Å². The maximum atomic E-state index is 12.3. The van der Waals surface area contributed by atoms with Crippen LogP contribution in [0.4, 0.5) is 0 Å². The highest BCUT2D eigenvalue weighted by molar-refractivity contribution is 7.86. The standard InChI is InChI=1S/C14H19NO4S/c1-3-4-8-15-13(16)10(2)20(19)12-7-5-6-11(9-12)14(17)18/h5-7,9-10H,3-4,8H2,1-2H3,(H,15,16)(H,17,18). The molecule has 2 unspecified atom stereocenters. The van der Waals surface area contributed by atoms with Gasteiger partial charge in [0.05, 0.1) is 16.4 Å². The summed E-state index contributed by atoms with van der Waals surface area (Å²) in [6.07, 6.45) is 1.85. The fourth-order valence-electron chi connectivity index (χ4n) is 1.59. The summed E-state index contributed by atoms with van der Waals surface area (Å²) in [5.41, 5.74) is 0.0643. The number of hydrogen-bond acceptors (Lipinski definition) is 3. The van der Waals surface area contributed by atoms with Gasteiger partial charge in [-0.25, -0.2) is 4.79 Å². The first kappa shape index (κ1) is 16.4. The van der Waals surface area contributed by atoms with E-state index in [-0.39, 0.29) is 11.5 Å². The Morgan fingerprint density at radius 2 is 2.10 bits per heavy atom. The predicted octanol–water partition coefficient (Wildman–Crippen LogP) is 1.80. The highest BCUT2D eigenvalue weighted by atomic mass is 32.2. The molecule has 2 N–H and O–H groups in total. The first-order valence-electron chi connectivity index (χ1n) is 6.49. The summed E-state index contributed by atoms with van der Waals surface area (Å²) in [5, 5.41) is 10.9. The number of aromatic carboxylic acids is 1. The molecule has 110 valence electrons. The van der Waals surface area contributed by atoms with Gasteiger partial charge in [-0.15, -0.1) is 0 Å². The van der Waals surface area contributed by atoms with Gasteiger partial charge in [0.25, 0.3) is 0 Å². The third-order valence-corrected chi connectivity index (χ3v) is 4.41. The van der Waals surface area contributed by atoms with Crippen LogP contribution < -0.4 is 5.32 Å². The van der Waals surface area contributed by atoms with E-state index in [0.717, 1.165) is 12.8 Å². The maximum Gasteiger partial charge on any atom is 0.335 e. The largest absolute Gasteiger partial charge is 0.478 e. The van der Waals surface area contributed by atoms with Gasteiger partial charge >= 0.3 is 5.97 Å². The average Bonchev–Trinajstić information content (AvgIpc) is 2.45. The molecule has 1 amide bonds. The Balaban J connectivity index is 2.76. The molecule has 6 heteroatoms. The Hall–Kier alpha value is -1.69. The number of carbonyl (C=O) groups excluding carboxylic acids is 1. The van der Waals surface area contributed by atoms with Crippen molar-refractivity contribution < 1.29 is 18.9 Å². The Morgan fingerprint density at radius 3 is 2.70 bits per heavy atom. The number of nitrogens with one attached hydrogen (secondary N) is 1. The van der Waals surface area contributed by atoms with E-state index < -0.39 is 22.0 Å². The lowest BCUT2D eigenvalue weighted by Crippen LogP contribution is -2.36. The maximum absolute atomic E-state index is 12.3. The van der Waals surface area contributed by atoms with Crippen molar-refractivity contribution in [2.45, 2.75) is 36.8 Å². The monoisotopic (exact) mass is 297 g/mol. The zero-order valence-corrected chi connectivity index (χ0v) is 12.4. The first-order chi connectivity index (χ1) is 9.47. The summed E-state index contributed by atoms with van der Waals surface area (Å²) in [4.78, 5) is 23.1. The van der Waals surface area contributed by atoms with E-state index in [1.807, 2.05) is 6.92 Å². The number of amides is 1. The molecule has 5 nitrogen and oxygen atoms in total. The molecule has 0 heterocycles. The second-order valence-electron chi connectivity index (χ2n) is 4.42. The summed E-state index contributed by atoms with van der Waals surface area (Å²) in [5.74, 6) is -1.36. The molecule has 0 aromatic heterocycles. The number of carboxylic acid groups (broad SMARTS) is 1. The molecule has 1 aromatic carbocycles. The minimum atomic E-state index is -1.57. The van der Waals surface area contributed by atoms with Crippen LogP contribution in [0.1, 0.15) is 37.0 Å². The molecule has 0 aliphatic rings. The highest BCUT2D eigenvalue weighted by Gasteiger charge is 2.21. The molecule has 1 aromatic rings. The smallest absolute Gasteiger partial charge is 0.335 e. The molecule has 1 rings (SSSR count). The number of benzene rings is 1. The quantitative estimate of drug-likeness (QED) is 0.752. The molecule has 2 atom stereocenters.